The van der Waals surface area contributed by atoms with E-state index in [0.29, 0.717) is 0 Å². The highest BCUT2D eigenvalue weighted by Gasteiger charge is 2.35. The molecule has 0 amide bonds. The monoisotopic (exact) mass is 566 g/mol. The van der Waals surface area contributed by atoms with Gasteiger partial charge in [0.15, 0.2) is 0 Å². The maximum absolute atomic E-state index is 3.96. The molecule has 0 N–H and O–H groups in total. The third-order valence-corrected chi connectivity index (χ3v) is 12.5. The lowest BCUT2D eigenvalue weighted by Crippen LogP contribution is -3.00. The number of unbranched alkanes of at least 4 members (excludes halogenated alkanes) is 15. The van der Waals surface area contributed by atoms with Crippen LogP contribution in [0.2, 0.25) is 0 Å². The van der Waals surface area contributed by atoms with E-state index >= 15 is 0 Å². The zero-order valence-corrected chi connectivity index (χ0v) is 26.5. The van der Waals surface area contributed by atoms with Gasteiger partial charge in [0.05, 0.1) is 24.6 Å². The molecule has 0 nitrogen and oxygen atoms in total. The van der Waals surface area contributed by atoms with Crippen molar-refractivity contribution < 1.29 is 17.0 Å². The van der Waals surface area contributed by atoms with Crippen molar-refractivity contribution in [2.24, 2.45) is 0 Å². The van der Waals surface area contributed by atoms with Crippen LogP contribution in [0.1, 0.15) is 147 Å². The fourth-order valence-electron chi connectivity index (χ4n) is 5.40. The molecule has 0 bridgehead atoms. The normalized spacial score (nSPS) is 11.4. The molecule has 1 aromatic carbocycles. The molecule has 204 valence electrons. The van der Waals surface area contributed by atoms with Crippen LogP contribution in [0.4, 0.5) is 0 Å². The van der Waals surface area contributed by atoms with E-state index in [-0.39, 0.29) is 17.0 Å². The molecule has 1 aromatic rings. The minimum atomic E-state index is -0.934. The van der Waals surface area contributed by atoms with E-state index in [4.69, 9.17) is 0 Å². The fraction of sp³-hybridized carbons (Fsp3) is 0.758. The van der Waals surface area contributed by atoms with Crippen molar-refractivity contribution in [3.05, 3.63) is 42.0 Å². The summed E-state index contributed by atoms with van der Waals surface area (Å²) in [5, 5.41) is 0. The molecule has 0 aromatic heterocycles. The van der Waals surface area contributed by atoms with Crippen LogP contribution >= 0.6 is 7.26 Å². The maximum atomic E-state index is 3.96. The Hall–Kier alpha value is -0.130. The van der Waals surface area contributed by atoms with Gasteiger partial charge in [0, 0.05) is 7.26 Å². The largest absolute Gasteiger partial charge is 1.00 e. The summed E-state index contributed by atoms with van der Waals surface area (Å²) >= 11 is 0. The number of benzene rings is 1. The Labute approximate surface area is 232 Å². The Bertz CT molecular complexity index is 538. The smallest absolute Gasteiger partial charge is 0.0842 e. The van der Waals surface area contributed by atoms with Crippen LogP contribution in [0, 0.1) is 0 Å². The highest BCUT2D eigenvalue weighted by Crippen LogP contribution is 2.63. The first kappa shape index (κ1) is 34.9. The second-order valence-corrected chi connectivity index (χ2v) is 15.3. The lowest BCUT2D eigenvalue weighted by atomic mass is 10.1. The van der Waals surface area contributed by atoms with Gasteiger partial charge in [0.1, 0.15) is 0 Å². The molecule has 0 heterocycles. The summed E-state index contributed by atoms with van der Waals surface area (Å²) in [6, 6.07) is 9.40. The van der Waals surface area contributed by atoms with E-state index < -0.39 is 7.26 Å². The zero-order chi connectivity index (χ0) is 24.7. The molecule has 1 rings (SSSR count). The van der Waals surface area contributed by atoms with Crippen LogP contribution in [0.5, 0.6) is 0 Å². The summed E-state index contributed by atoms with van der Waals surface area (Å²) in [6.45, 7) is 10.9. The van der Waals surface area contributed by atoms with Gasteiger partial charge in [0.2, 0.25) is 0 Å². The molecule has 0 unspecified atom stereocenters. The van der Waals surface area contributed by atoms with Crippen LogP contribution in [-0.4, -0.2) is 18.5 Å². The first-order chi connectivity index (χ1) is 16.7. The third-order valence-electron chi connectivity index (χ3n) is 7.69. The molecule has 0 aliphatic heterocycles. The van der Waals surface area contributed by atoms with Crippen LogP contribution in [0.3, 0.4) is 0 Å². The van der Waals surface area contributed by atoms with Crippen LogP contribution in [-0.2, 0) is 6.16 Å². The second kappa shape index (κ2) is 24.2. The molecule has 35 heavy (non-hydrogen) atoms. The zero-order valence-electron chi connectivity index (χ0n) is 24.0. The second-order valence-electron chi connectivity index (χ2n) is 10.9. The summed E-state index contributed by atoms with van der Waals surface area (Å²) in [6.07, 6.45) is 33.9. The van der Waals surface area contributed by atoms with Gasteiger partial charge in [0.25, 0.3) is 0 Å². The van der Waals surface area contributed by atoms with Gasteiger partial charge in [-0.05, 0) is 49.7 Å². The highest BCUT2D eigenvalue weighted by atomic mass is 79.9. The van der Waals surface area contributed by atoms with E-state index in [1.54, 1.807) is 24.0 Å². The molecule has 0 spiro atoms. The van der Waals surface area contributed by atoms with Crippen molar-refractivity contribution in [1.29, 1.82) is 0 Å². The summed E-state index contributed by atoms with van der Waals surface area (Å²) in [5.74, 6) is 0. The Morgan fingerprint density at radius 1 is 0.543 bits per heavy atom. The van der Waals surface area contributed by atoms with Crippen molar-refractivity contribution in [2.75, 3.05) is 18.5 Å². The maximum Gasteiger partial charge on any atom is 0.0842 e. The first-order valence-corrected chi connectivity index (χ1v) is 17.8. The molecule has 0 aliphatic rings. The molecular formula is C33H60BrP. The van der Waals surface area contributed by atoms with Gasteiger partial charge in [-0.2, -0.15) is 0 Å². The number of hydrogen-bond acceptors (Lipinski definition) is 0. The first-order valence-electron chi connectivity index (χ1n) is 15.3. The molecule has 0 fully saturated rings. The Morgan fingerprint density at radius 3 is 1.23 bits per heavy atom. The van der Waals surface area contributed by atoms with Crippen LogP contribution < -0.4 is 17.0 Å². The van der Waals surface area contributed by atoms with E-state index in [1.165, 1.54) is 127 Å². The minimum absolute atomic E-state index is 0. The van der Waals surface area contributed by atoms with Gasteiger partial charge in [-0.25, -0.2) is 0 Å². The minimum Gasteiger partial charge on any atom is -1.00 e. The molecule has 0 saturated heterocycles. The Balaban J connectivity index is 0.0000116. The third kappa shape index (κ3) is 17.9. The average Bonchev–Trinajstić information content (AvgIpc) is 2.86. The van der Waals surface area contributed by atoms with Crippen molar-refractivity contribution >= 4 is 13.3 Å². The SMILES string of the molecule is C=Cc1ccc(C[P+](CCCCCCCC)(CCCCCCCC)CCCCCCCC)cc1.[Br-]. The lowest BCUT2D eigenvalue weighted by molar-refractivity contribution is -0.00000753. The Kier molecular flexibility index (Phi) is 24.1. The van der Waals surface area contributed by atoms with Crippen molar-refractivity contribution in [1.82, 2.24) is 0 Å². The summed E-state index contributed by atoms with van der Waals surface area (Å²) in [7, 11) is -0.934. The fourth-order valence-corrected chi connectivity index (χ4v) is 10.2. The van der Waals surface area contributed by atoms with Gasteiger partial charge < -0.3 is 17.0 Å². The predicted molar refractivity (Wildman–Crippen MR) is 162 cm³/mol. The van der Waals surface area contributed by atoms with Crippen molar-refractivity contribution in [3.8, 4) is 0 Å². The molecule has 0 aliphatic carbocycles. The van der Waals surface area contributed by atoms with E-state index in [1.807, 2.05) is 6.08 Å². The summed E-state index contributed by atoms with van der Waals surface area (Å²) < 4.78 is 0. The lowest BCUT2D eigenvalue weighted by Gasteiger charge is -2.29. The number of halogens is 1. The molecule has 2 heteroatoms. The summed E-state index contributed by atoms with van der Waals surface area (Å²) in [5.41, 5.74) is 2.86. The molecule has 0 saturated carbocycles. The Morgan fingerprint density at radius 2 is 0.886 bits per heavy atom. The van der Waals surface area contributed by atoms with Crippen LogP contribution in [0.15, 0.2) is 30.8 Å². The molecule has 0 radical (unpaired) electrons. The van der Waals surface area contributed by atoms with Gasteiger partial charge >= 0.3 is 0 Å². The van der Waals surface area contributed by atoms with Gasteiger partial charge in [-0.1, -0.05) is 135 Å². The molecule has 0 atom stereocenters. The topological polar surface area (TPSA) is 0 Å². The number of rotatable bonds is 24. The number of hydrogen-bond donors (Lipinski definition) is 0. The highest BCUT2D eigenvalue weighted by molar-refractivity contribution is 7.75. The standard InChI is InChI=1S/C33H60P.BrH/c1-5-9-12-15-18-21-28-34(29-22-19-16-13-10-6-2,30-23-20-17-14-11-7-3)31-33-26-24-32(8-4)25-27-33;/h8,24-27H,4-7,9-23,28-31H2,1-3H3;1H/q+1;/p-1. The summed E-state index contributed by atoms with van der Waals surface area (Å²) in [4.78, 5) is 0. The van der Waals surface area contributed by atoms with Gasteiger partial charge in [-0.15, -0.1) is 0 Å². The predicted octanol–water partition coefficient (Wildman–Crippen LogP) is 8.93. The average molecular weight is 568 g/mol. The van der Waals surface area contributed by atoms with E-state index in [0.717, 1.165) is 0 Å². The molecular weight excluding hydrogens is 507 g/mol. The van der Waals surface area contributed by atoms with E-state index in [2.05, 4.69) is 51.6 Å². The van der Waals surface area contributed by atoms with E-state index in [9.17, 15) is 0 Å². The van der Waals surface area contributed by atoms with Crippen molar-refractivity contribution in [2.45, 2.75) is 143 Å². The quantitative estimate of drug-likeness (QED) is 0.0864. The van der Waals surface area contributed by atoms with Crippen molar-refractivity contribution in [3.63, 3.8) is 0 Å². The van der Waals surface area contributed by atoms with Crippen LogP contribution in [0.25, 0.3) is 6.08 Å². The van der Waals surface area contributed by atoms with Gasteiger partial charge in [-0.3, -0.25) is 0 Å².